The SMILES string of the molecule is COCCCS(=O)(=O)CC(=O)NC(C(C)=O)C(C)C. The number of ketones is 1. The number of rotatable bonds is 9. The van der Waals surface area contributed by atoms with Gasteiger partial charge >= 0.3 is 0 Å². The van der Waals surface area contributed by atoms with Crippen molar-refractivity contribution in [2.75, 3.05) is 25.2 Å². The molecule has 6 nitrogen and oxygen atoms in total. The summed E-state index contributed by atoms with van der Waals surface area (Å²) in [5, 5.41) is 2.46. The van der Waals surface area contributed by atoms with Crippen molar-refractivity contribution in [2.24, 2.45) is 5.92 Å². The number of ether oxygens (including phenoxy) is 1. The third-order valence-corrected chi connectivity index (χ3v) is 4.19. The first-order valence-corrected chi connectivity index (χ1v) is 8.01. The summed E-state index contributed by atoms with van der Waals surface area (Å²) < 4.78 is 28.0. The van der Waals surface area contributed by atoms with Gasteiger partial charge < -0.3 is 10.1 Å². The second-order valence-electron chi connectivity index (χ2n) is 4.84. The minimum absolute atomic E-state index is 0.0716. The number of sulfone groups is 1. The Kier molecular flexibility index (Phi) is 7.85. The number of nitrogens with one attached hydrogen (secondary N) is 1. The van der Waals surface area contributed by atoms with Crippen LogP contribution in [0.4, 0.5) is 0 Å². The van der Waals surface area contributed by atoms with Crippen molar-refractivity contribution >= 4 is 21.5 Å². The lowest BCUT2D eigenvalue weighted by Gasteiger charge is -2.19. The first-order chi connectivity index (χ1) is 8.69. The fourth-order valence-corrected chi connectivity index (χ4v) is 2.83. The Morgan fingerprint density at radius 2 is 1.84 bits per heavy atom. The Labute approximate surface area is 114 Å². The van der Waals surface area contributed by atoms with Gasteiger partial charge in [-0.25, -0.2) is 8.42 Å². The van der Waals surface area contributed by atoms with Crippen LogP contribution < -0.4 is 5.32 Å². The number of methoxy groups -OCH3 is 1. The molecule has 0 bridgehead atoms. The largest absolute Gasteiger partial charge is 0.385 e. The second kappa shape index (κ2) is 8.27. The van der Waals surface area contributed by atoms with Gasteiger partial charge in [0.1, 0.15) is 5.75 Å². The maximum atomic E-state index is 11.6. The van der Waals surface area contributed by atoms with Crippen LogP contribution in [0.2, 0.25) is 0 Å². The molecule has 0 radical (unpaired) electrons. The lowest BCUT2D eigenvalue weighted by molar-refractivity contribution is -0.126. The molecule has 0 aromatic carbocycles. The van der Waals surface area contributed by atoms with Crippen LogP contribution in [0.3, 0.4) is 0 Å². The maximum Gasteiger partial charge on any atom is 0.235 e. The zero-order chi connectivity index (χ0) is 15.1. The highest BCUT2D eigenvalue weighted by atomic mass is 32.2. The Morgan fingerprint density at radius 3 is 2.26 bits per heavy atom. The topological polar surface area (TPSA) is 89.5 Å². The van der Waals surface area contributed by atoms with E-state index >= 15 is 0 Å². The van der Waals surface area contributed by atoms with E-state index in [9.17, 15) is 18.0 Å². The Morgan fingerprint density at radius 1 is 1.26 bits per heavy atom. The monoisotopic (exact) mass is 293 g/mol. The van der Waals surface area contributed by atoms with E-state index < -0.39 is 27.5 Å². The van der Waals surface area contributed by atoms with Gasteiger partial charge in [0.15, 0.2) is 15.6 Å². The minimum Gasteiger partial charge on any atom is -0.385 e. The van der Waals surface area contributed by atoms with Gasteiger partial charge in [0.25, 0.3) is 0 Å². The molecule has 19 heavy (non-hydrogen) atoms. The van der Waals surface area contributed by atoms with E-state index in [2.05, 4.69) is 5.32 Å². The number of hydrogen-bond donors (Lipinski definition) is 1. The fourth-order valence-electron chi connectivity index (χ4n) is 1.65. The Hall–Kier alpha value is -0.950. The first-order valence-electron chi connectivity index (χ1n) is 6.18. The molecular formula is C12H23NO5S. The third-order valence-electron chi connectivity index (χ3n) is 2.58. The number of Topliss-reactive ketones (excluding diaryl/α,β-unsaturated/α-hetero) is 1. The van der Waals surface area contributed by atoms with E-state index in [0.29, 0.717) is 13.0 Å². The fraction of sp³-hybridized carbons (Fsp3) is 0.833. The van der Waals surface area contributed by atoms with Crippen molar-refractivity contribution in [3.05, 3.63) is 0 Å². The van der Waals surface area contributed by atoms with Crippen LogP contribution in [0.25, 0.3) is 0 Å². The van der Waals surface area contributed by atoms with Crippen molar-refractivity contribution in [3.63, 3.8) is 0 Å². The zero-order valence-electron chi connectivity index (χ0n) is 11.9. The predicted molar refractivity (Wildman–Crippen MR) is 72.6 cm³/mol. The molecule has 0 aliphatic rings. The van der Waals surface area contributed by atoms with Crippen LogP contribution in [0.5, 0.6) is 0 Å². The van der Waals surface area contributed by atoms with Gasteiger partial charge in [0.2, 0.25) is 5.91 Å². The molecule has 1 amide bonds. The molecule has 0 saturated carbocycles. The summed E-state index contributed by atoms with van der Waals surface area (Å²) in [6.07, 6.45) is 0.354. The van der Waals surface area contributed by atoms with Gasteiger partial charge in [0, 0.05) is 13.7 Å². The molecule has 0 aromatic heterocycles. The molecular weight excluding hydrogens is 270 g/mol. The van der Waals surface area contributed by atoms with Gasteiger partial charge in [-0.2, -0.15) is 0 Å². The summed E-state index contributed by atoms with van der Waals surface area (Å²) >= 11 is 0. The Bertz CT molecular complexity index is 402. The molecule has 112 valence electrons. The van der Waals surface area contributed by atoms with Gasteiger partial charge in [-0.3, -0.25) is 9.59 Å². The summed E-state index contributed by atoms with van der Waals surface area (Å²) in [6.45, 7) is 5.29. The summed E-state index contributed by atoms with van der Waals surface area (Å²) in [5.74, 6) is -1.57. The summed E-state index contributed by atoms with van der Waals surface area (Å²) in [7, 11) is -1.97. The highest BCUT2D eigenvalue weighted by molar-refractivity contribution is 7.92. The highest BCUT2D eigenvalue weighted by Gasteiger charge is 2.23. The number of amides is 1. The molecule has 0 fully saturated rings. The smallest absolute Gasteiger partial charge is 0.235 e. The van der Waals surface area contributed by atoms with Crippen LogP contribution in [0, 0.1) is 5.92 Å². The highest BCUT2D eigenvalue weighted by Crippen LogP contribution is 2.03. The first kappa shape index (κ1) is 18.0. The molecule has 7 heteroatoms. The van der Waals surface area contributed by atoms with E-state index in [1.165, 1.54) is 14.0 Å². The standard InChI is InChI=1S/C12H23NO5S/c1-9(2)12(10(3)14)13-11(15)8-19(16,17)7-5-6-18-4/h9,12H,5-8H2,1-4H3,(H,13,15). The lowest BCUT2D eigenvalue weighted by atomic mass is 10.0. The lowest BCUT2D eigenvalue weighted by Crippen LogP contribution is -2.45. The van der Waals surface area contributed by atoms with Crippen molar-refractivity contribution < 1.29 is 22.7 Å². The van der Waals surface area contributed by atoms with Crippen molar-refractivity contribution in [2.45, 2.75) is 33.2 Å². The molecule has 1 N–H and O–H groups in total. The minimum atomic E-state index is -3.45. The third kappa shape index (κ3) is 7.94. The molecule has 0 spiro atoms. The summed E-state index contributed by atoms with van der Waals surface area (Å²) in [5.41, 5.74) is 0. The van der Waals surface area contributed by atoms with Gasteiger partial charge in [0.05, 0.1) is 11.8 Å². The van der Waals surface area contributed by atoms with Crippen molar-refractivity contribution in [3.8, 4) is 0 Å². The van der Waals surface area contributed by atoms with Crippen LogP contribution >= 0.6 is 0 Å². The van der Waals surface area contributed by atoms with Crippen LogP contribution in [0.15, 0.2) is 0 Å². The van der Waals surface area contributed by atoms with Crippen LogP contribution in [-0.4, -0.2) is 51.4 Å². The predicted octanol–water partition coefficient (Wildman–Crippen LogP) is 0.168. The van der Waals surface area contributed by atoms with Gasteiger partial charge in [-0.15, -0.1) is 0 Å². The number of hydrogen-bond acceptors (Lipinski definition) is 5. The van der Waals surface area contributed by atoms with E-state index in [-0.39, 0.29) is 17.5 Å². The molecule has 0 rings (SSSR count). The van der Waals surface area contributed by atoms with E-state index in [1.54, 1.807) is 13.8 Å². The summed E-state index contributed by atoms with van der Waals surface area (Å²) in [6, 6.07) is -0.637. The molecule has 0 heterocycles. The summed E-state index contributed by atoms with van der Waals surface area (Å²) in [4.78, 5) is 23.0. The second-order valence-corrected chi connectivity index (χ2v) is 7.02. The van der Waals surface area contributed by atoms with Crippen molar-refractivity contribution in [1.29, 1.82) is 0 Å². The normalized spacial score (nSPS) is 13.3. The molecule has 0 saturated heterocycles. The van der Waals surface area contributed by atoms with Crippen molar-refractivity contribution in [1.82, 2.24) is 5.32 Å². The molecule has 0 aliphatic carbocycles. The van der Waals surface area contributed by atoms with Gasteiger partial charge in [-0.05, 0) is 19.3 Å². The molecule has 0 aliphatic heterocycles. The van der Waals surface area contributed by atoms with E-state index in [1.807, 2.05) is 0 Å². The zero-order valence-corrected chi connectivity index (χ0v) is 12.7. The van der Waals surface area contributed by atoms with Gasteiger partial charge in [-0.1, -0.05) is 13.8 Å². The maximum absolute atomic E-state index is 11.6. The molecule has 1 unspecified atom stereocenters. The number of carbonyl (C=O) groups is 2. The average molecular weight is 293 g/mol. The molecule has 0 aromatic rings. The molecule has 1 atom stereocenters. The van der Waals surface area contributed by atoms with Crippen LogP contribution in [-0.2, 0) is 24.2 Å². The number of carbonyl (C=O) groups excluding carboxylic acids is 2. The van der Waals surface area contributed by atoms with E-state index in [4.69, 9.17) is 4.74 Å². The average Bonchev–Trinajstić information content (AvgIpc) is 2.24. The van der Waals surface area contributed by atoms with E-state index in [0.717, 1.165) is 0 Å². The Balaban J connectivity index is 4.40. The quantitative estimate of drug-likeness (QED) is 0.612. The van der Waals surface area contributed by atoms with Crippen LogP contribution in [0.1, 0.15) is 27.2 Å².